The van der Waals surface area contributed by atoms with E-state index >= 15 is 0 Å². The van der Waals surface area contributed by atoms with Crippen LogP contribution in [0.3, 0.4) is 0 Å². The van der Waals surface area contributed by atoms with Gasteiger partial charge in [-0.2, -0.15) is 5.26 Å². The number of anilines is 1. The monoisotopic (exact) mass is 472 g/mol. The van der Waals surface area contributed by atoms with E-state index in [1.165, 1.54) is 60.5 Å². The number of carbonyl (C=O) groups is 1. The van der Waals surface area contributed by atoms with Crippen LogP contribution in [-0.2, 0) is 34.2 Å². The van der Waals surface area contributed by atoms with E-state index in [2.05, 4.69) is 16.3 Å². The number of rotatable bonds is 6. The van der Waals surface area contributed by atoms with Gasteiger partial charge in [0.25, 0.3) is 0 Å². The minimum absolute atomic E-state index is 0.0112. The number of benzene rings is 1. The average molecular weight is 473 g/mol. The Morgan fingerprint density at radius 3 is 2.59 bits per heavy atom. The number of carbonyl (C=O) groups excluding carboxylic acids is 1. The minimum Gasteiger partial charge on any atom is -0.316 e. The van der Waals surface area contributed by atoms with Crippen LogP contribution in [0.4, 0.5) is 5.00 Å². The number of sulfonamides is 1. The van der Waals surface area contributed by atoms with Gasteiger partial charge < -0.3 is 5.32 Å². The molecule has 170 valence electrons. The fourth-order valence-corrected chi connectivity index (χ4v) is 6.37. The second-order valence-electron chi connectivity index (χ2n) is 8.72. The number of amides is 1. The van der Waals surface area contributed by atoms with Crippen LogP contribution in [0.25, 0.3) is 0 Å². The molecule has 0 bridgehead atoms. The van der Waals surface area contributed by atoms with E-state index in [4.69, 9.17) is 5.14 Å². The van der Waals surface area contributed by atoms with E-state index in [9.17, 15) is 18.5 Å². The molecular formula is C23H28N4O3S2. The zero-order chi connectivity index (χ0) is 22.7. The van der Waals surface area contributed by atoms with E-state index in [1.807, 2.05) is 0 Å². The first-order valence-electron chi connectivity index (χ1n) is 11.0. The summed E-state index contributed by atoms with van der Waals surface area (Å²) in [6, 6.07) is 8.25. The van der Waals surface area contributed by atoms with E-state index in [0.29, 0.717) is 16.1 Å². The normalized spacial score (nSPS) is 17.5. The maximum atomic E-state index is 12.6. The molecule has 1 aromatic carbocycles. The van der Waals surface area contributed by atoms with Crippen LogP contribution < -0.4 is 10.5 Å². The second kappa shape index (κ2) is 9.71. The predicted molar refractivity (Wildman–Crippen MR) is 125 cm³/mol. The SMILES string of the molecule is N#Cc1c(NC(=O)Cc2ccc(S(N)(=O)=O)cc2)sc2c1CN(CC1CCCCC1)CC2. The molecular weight excluding hydrogens is 444 g/mol. The molecule has 0 radical (unpaired) electrons. The van der Waals surface area contributed by atoms with Crippen molar-refractivity contribution < 1.29 is 13.2 Å². The number of fused-ring (bicyclic) bond motifs is 1. The van der Waals surface area contributed by atoms with Crippen LogP contribution in [-0.4, -0.2) is 32.3 Å². The Hall–Kier alpha value is -2.25. The molecule has 9 heteroatoms. The largest absolute Gasteiger partial charge is 0.316 e. The molecule has 1 aromatic heterocycles. The van der Waals surface area contributed by atoms with Gasteiger partial charge in [0.15, 0.2) is 0 Å². The lowest BCUT2D eigenvalue weighted by molar-refractivity contribution is -0.115. The summed E-state index contributed by atoms with van der Waals surface area (Å²) in [5, 5.41) is 18.4. The van der Waals surface area contributed by atoms with Gasteiger partial charge in [-0.25, -0.2) is 13.6 Å². The summed E-state index contributed by atoms with van der Waals surface area (Å²) in [7, 11) is -3.76. The minimum atomic E-state index is -3.76. The van der Waals surface area contributed by atoms with Crippen molar-refractivity contribution in [1.29, 1.82) is 5.26 Å². The summed E-state index contributed by atoms with van der Waals surface area (Å²) in [5.74, 6) is 0.525. The third-order valence-corrected chi connectivity index (χ3v) is 8.49. The maximum Gasteiger partial charge on any atom is 0.238 e. The van der Waals surface area contributed by atoms with Gasteiger partial charge in [0.2, 0.25) is 15.9 Å². The van der Waals surface area contributed by atoms with Crippen molar-refractivity contribution in [3.8, 4) is 6.07 Å². The number of hydrogen-bond donors (Lipinski definition) is 2. The lowest BCUT2D eigenvalue weighted by atomic mass is 9.88. The lowest BCUT2D eigenvalue weighted by Gasteiger charge is -2.32. The van der Waals surface area contributed by atoms with Gasteiger partial charge in [0.05, 0.1) is 16.9 Å². The van der Waals surface area contributed by atoms with Crippen LogP contribution in [0.5, 0.6) is 0 Å². The molecule has 0 unspecified atom stereocenters. The fourth-order valence-electron chi connectivity index (χ4n) is 4.69. The zero-order valence-corrected chi connectivity index (χ0v) is 19.6. The molecule has 0 spiro atoms. The Morgan fingerprint density at radius 1 is 1.22 bits per heavy atom. The van der Waals surface area contributed by atoms with Gasteiger partial charge in [-0.1, -0.05) is 31.4 Å². The Bertz CT molecular complexity index is 1130. The molecule has 1 amide bonds. The molecule has 0 atom stereocenters. The number of nitrogens with two attached hydrogens (primary N) is 1. The lowest BCUT2D eigenvalue weighted by Crippen LogP contribution is -2.34. The van der Waals surface area contributed by atoms with Crippen molar-refractivity contribution in [2.24, 2.45) is 11.1 Å². The van der Waals surface area contributed by atoms with Crippen molar-refractivity contribution in [3.63, 3.8) is 0 Å². The third-order valence-electron chi connectivity index (χ3n) is 6.35. The first-order valence-corrected chi connectivity index (χ1v) is 13.4. The highest BCUT2D eigenvalue weighted by Gasteiger charge is 2.27. The zero-order valence-electron chi connectivity index (χ0n) is 18.0. The molecule has 0 saturated heterocycles. The van der Waals surface area contributed by atoms with E-state index in [1.54, 1.807) is 12.1 Å². The summed E-state index contributed by atoms with van der Waals surface area (Å²) in [6.07, 6.45) is 7.61. The molecule has 4 rings (SSSR count). The second-order valence-corrected chi connectivity index (χ2v) is 11.4. The molecule has 1 aliphatic heterocycles. The number of nitriles is 1. The smallest absolute Gasteiger partial charge is 0.238 e. The summed E-state index contributed by atoms with van der Waals surface area (Å²) in [4.78, 5) is 16.3. The summed E-state index contributed by atoms with van der Waals surface area (Å²) < 4.78 is 22.7. The van der Waals surface area contributed by atoms with Crippen LogP contribution in [0.15, 0.2) is 29.2 Å². The quantitative estimate of drug-likeness (QED) is 0.668. The van der Waals surface area contributed by atoms with Crippen molar-refractivity contribution in [2.45, 2.75) is 56.4 Å². The molecule has 1 saturated carbocycles. The fraction of sp³-hybridized carbons (Fsp3) is 0.478. The van der Waals surface area contributed by atoms with E-state index < -0.39 is 10.0 Å². The third kappa shape index (κ3) is 5.38. The first-order chi connectivity index (χ1) is 15.3. The Balaban J connectivity index is 1.41. The topological polar surface area (TPSA) is 116 Å². The molecule has 2 aromatic rings. The van der Waals surface area contributed by atoms with Gasteiger partial charge in [0, 0.05) is 30.1 Å². The van der Waals surface area contributed by atoms with E-state index in [0.717, 1.165) is 37.5 Å². The summed E-state index contributed by atoms with van der Waals surface area (Å²) in [6.45, 7) is 2.87. The maximum absolute atomic E-state index is 12.6. The highest BCUT2D eigenvalue weighted by atomic mass is 32.2. The van der Waals surface area contributed by atoms with E-state index in [-0.39, 0.29) is 17.2 Å². The molecule has 1 aliphatic carbocycles. The molecule has 1 fully saturated rings. The molecule has 2 aliphatic rings. The number of nitrogens with zero attached hydrogens (tertiary/aromatic N) is 2. The Kier molecular flexibility index (Phi) is 6.96. The number of hydrogen-bond acceptors (Lipinski definition) is 6. The Morgan fingerprint density at radius 2 is 1.94 bits per heavy atom. The highest BCUT2D eigenvalue weighted by Crippen LogP contribution is 2.37. The highest BCUT2D eigenvalue weighted by molar-refractivity contribution is 7.89. The van der Waals surface area contributed by atoms with Crippen LogP contribution in [0.2, 0.25) is 0 Å². The molecule has 2 heterocycles. The molecule has 3 N–H and O–H groups in total. The molecule has 32 heavy (non-hydrogen) atoms. The number of thiophene rings is 1. The average Bonchev–Trinajstić information content (AvgIpc) is 3.10. The van der Waals surface area contributed by atoms with Crippen LogP contribution in [0, 0.1) is 17.2 Å². The van der Waals surface area contributed by atoms with Gasteiger partial charge in [0.1, 0.15) is 11.1 Å². The number of primary sulfonamides is 1. The van der Waals surface area contributed by atoms with Gasteiger partial charge in [-0.15, -0.1) is 11.3 Å². The number of nitrogens with one attached hydrogen (secondary N) is 1. The first kappa shape index (κ1) is 22.9. The Labute approximate surface area is 193 Å². The predicted octanol–water partition coefficient (Wildman–Crippen LogP) is 3.39. The standard InChI is InChI=1S/C23H28N4O3S2/c24-13-19-20-15-27(14-17-4-2-1-3-5-17)11-10-21(20)31-23(19)26-22(28)12-16-6-8-18(9-7-16)32(25,29)30/h6-9,17H,1-5,10-12,14-15H2,(H,26,28)(H2,25,29,30). The summed E-state index contributed by atoms with van der Waals surface area (Å²) in [5.41, 5.74) is 2.32. The van der Waals surface area contributed by atoms with Gasteiger partial charge in [-0.3, -0.25) is 9.69 Å². The van der Waals surface area contributed by atoms with Gasteiger partial charge in [-0.05, 0) is 42.9 Å². The van der Waals surface area contributed by atoms with Crippen LogP contribution >= 0.6 is 11.3 Å². The van der Waals surface area contributed by atoms with Crippen LogP contribution in [0.1, 0.15) is 53.7 Å². The van der Waals surface area contributed by atoms with Crippen molar-refractivity contribution in [2.75, 3.05) is 18.4 Å². The van der Waals surface area contributed by atoms with Crippen molar-refractivity contribution >= 4 is 32.3 Å². The molecule has 7 nitrogen and oxygen atoms in total. The van der Waals surface area contributed by atoms with Crippen molar-refractivity contribution in [1.82, 2.24) is 4.90 Å². The summed E-state index contributed by atoms with van der Waals surface area (Å²) >= 11 is 1.50. The van der Waals surface area contributed by atoms with Crippen molar-refractivity contribution in [3.05, 3.63) is 45.8 Å². The van der Waals surface area contributed by atoms with Gasteiger partial charge >= 0.3 is 0 Å².